The van der Waals surface area contributed by atoms with Gasteiger partial charge in [0.1, 0.15) is 5.78 Å². The molecule has 3 aliphatic carbocycles. The second kappa shape index (κ2) is 2.32. The van der Waals surface area contributed by atoms with E-state index >= 15 is 0 Å². The number of rotatable bonds is 0. The summed E-state index contributed by atoms with van der Waals surface area (Å²) in [6.07, 6.45) is 3.40. The number of hydrogen-bond acceptors (Lipinski definition) is 2. The molecule has 2 bridgehead atoms. The molecule has 2 heteroatoms. The quantitative estimate of drug-likeness (QED) is 0.576. The Bertz CT molecular complexity index is 226. The summed E-state index contributed by atoms with van der Waals surface area (Å²) in [6, 6.07) is 0. The van der Waals surface area contributed by atoms with E-state index in [0.717, 1.165) is 24.8 Å². The molecule has 1 saturated heterocycles. The van der Waals surface area contributed by atoms with E-state index in [1.54, 1.807) is 0 Å². The summed E-state index contributed by atoms with van der Waals surface area (Å²) >= 11 is 0. The highest BCUT2D eigenvalue weighted by Crippen LogP contribution is 2.48. The van der Waals surface area contributed by atoms with Gasteiger partial charge in [-0.15, -0.1) is 0 Å². The van der Waals surface area contributed by atoms with E-state index in [0.29, 0.717) is 17.6 Å². The van der Waals surface area contributed by atoms with Crippen molar-refractivity contribution in [2.45, 2.75) is 19.3 Å². The molecule has 3 saturated carbocycles. The van der Waals surface area contributed by atoms with Gasteiger partial charge in [-0.25, -0.2) is 0 Å². The fourth-order valence-corrected chi connectivity index (χ4v) is 3.56. The van der Waals surface area contributed by atoms with Crippen LogP contribution in [0, 0.1) is 23.7 Å². The van der Waals surface area contributed by atoms with Gasteiger partial charge in [-0.1, -0.05) is 0 Å². The van der Waals surface area contributed by atoms with Gasteiger partial charge in [-0.2, -0.15) is 0 Å². The fraction of sp³-hybridized carbons (Fsp3) is 0.900. The number of Topliss-reactive ketones (excluding diaryl/α,β-unsaturated/α-hetero) is 1. The van der Waals surface area contributed by atoms with Gasteiger partial charge in [-0.05, 0) is 43.7 Å². The lowest BCUT2D eigenvalue weighted by Crippen LogP contribution is -2.44. The Labute approximate surface area is 72.7 Å². The number of ketones is 1. The lowest BCUT2D eigenvalue weighted by atomic mass is 9.59. The van der Waals surface area contributed by atoms with Gasteiger partial charge in [0.15, 0.2) is 0 Å². The van der Waals surface area contributed by atoms with Crippen molar-refractivity contribution in [2.75, 3.05) is 13.1 Å². The summed E-state index contributed by atoms with van der Waals surface area (Å²) in [4.78, 5) is 11.6. The summed E-state index contributed by atoms with van der Waals surface area (Å²) in [6.45, 7) is 2.29. The third-order valence-corrected chi connectivity index (χ3v) is 4.16. The predicted molar refractivity (Wildman–Crippen MR) is 45.7 cm³/mol. The zero-order valence-electron chi connectivity index (χ0n) is 7.25. The van der Waals surface area contributed by atoms with Gasteiger partial charge in [0, 0.05) is 12.3 Å². The third-order valence-electron chi connectivity index (χ3n) is 4.16. The number of hydrogen-bond donors (Lipinski definition) is 1. The van der Waals surface area contributed by atoms with Gasteiger partial charge in [0.25, 0.3) is 0 Å². The Morgan fingerprint density at radius 1 is 1.17 bits per heavy atom. The maximum Gasteiger partial charge on any atom is 0.136 e. The lowest BCUT2D eigenvalue weighted by molar-refractivity contribution is -0.134. The number of nitrogens with one attached hydrogen (secondary N) is 1. The first kappa shape index (κ1) is 7.07. The largest absolute Gasteiger partial charge is 0.316 e. The van der Waals surface area contributed by atoms with Gasteiger partial charge >= 0.3 is 0 Å². The molecule has 66 valence electrons. The Morgan fingerprint density at radius 2 is 2.00 bits per heavy atom. The number of fused-ring (bicyclic) bond motifs is 2. The van der Waals surface area contributed by atoms with Crippen molar-refractivity contribution in [1.29, 1.82) is 0 Å². The molecule has 0 amide bonds. The molecule has 1 heterocycles. The summed E-state index contributed by atoms with van der Waals surface area (Å²) in [5.41, 5.74) is 0. The van der Waals surface area contributed by atoms with E-state index < -0.39 is 0 Å². The molecule has 0 aromatic heterocycles. The summed E-state index contributed by atoms with van der Waals surface area (Å²) in [7, 11) is 0. The molecule has 0 spiro atoms. The van der Waals surface area contributed by atoms with Crippen LogP contribution in [0.2, 0.25) is 0 Å². The average molecular weight is 165 g/mol. The molecule has 4 atom stereocenters. The molecule has 1 N–H and O–H groups in total. The van der Waals surface area contributed by atoms with Crippen LogP contribution in [-0.4, -0.2) is 18.9 Å². The first-order valence-electron chi connectivity index (χ1n) is 5.09. The highest BCUT2D eigenvalue weighted by molar-refractivity contribution is 5.83. The van der Waals surface area contributed by atoms with Gasteiger partial charge < -0.3 is 5.32 Å². The summed E-state index contributed by atoms with van der Waals surface area (Å²) in [5, 5.41) is 3.43. The van der Waals surface area contributed by atoms with E-state index in [2.05, 4.69) is 5.32 Å². The van der Waals surface area contributed by atoms with Crippen LogP contribution in [0.1, 0.15) is 19.3 Å². The van der Waals surface area contributed by atoms with Crippen LogP contribution in [-0.2, 0) is 4.79 Å². The fourth-order valence-electron chi connectivity index (χ4n) is 3.56. The van der Waals surface area contributed by atoms with Crippen molar-refractivity contribution in [3.8, 4) is 0 Å². The van der Waals surface area contributed by atoms with Gasteiger partial charge in [0.05, 0.1) is 0 Å². The molecular formula is C10H15NO. The molecule has 2 nitrogen and oxygen atoms in total. The normalized spacial score (nSPS) is 51.2. The SMILES string of the molecule is O=C1C[C@@H]2CC[C@H]1[C@@H]1CNC[C@H]21. The third kappa shape index (κ3) is 0.764. The smallest absolute Gasteiger partial charge is 0.136 e. The summed E-state index contributed by atoms with van der Waals surface area (Å²) < 4.78 is 0. The van der Waals surface area contributed by atoms with Crippen molar-refractivity contribution in [1.82, 2.24) is 5.32 Å². The molecule has 0 aromatic carbocycles. The Balaban J connectivity index is 1.94. The topological polar surface area (TPSA) is 29.1 Å². The van der Waals surface area contributed by atoms with Crippen LogP contribution in [0.3, 0.4) is 0 Å². The van der Waals surface area contributed by atoms with Crippen LogP contribution in [0.15, 0.2) is 0 Å². The van der Waals surface area contributed by atoms with Gasteiger partial charge in [0.2, 0.25) is 0 Å². The van der Waals surface area contributed by atoms with Gasteiger partial charge in [-0.3, -0.25) is 4.79 Å². The first-order valence-corrected chi connectivity index (χ1v) is 5.09. The van der Waals surface area contributed by atoms with Crippen LogP contribution in [0.25, 0.3) is 0 Å². The second-order valence-electron chi connectivity index (χ2n) is 4.60. The van der Waals surface area contributed by atoms with Crippen LogP contribution in [0.5, 0.6) is 0 Å². The van der Waals surface area contributed by atoms with Crippen molar-refractivity contribution >= 4 is 5.78 Å². The predicted octanol–water partition coefficient (Wildman–Crippen LogP) is 0.821. The van der Waals surface area contributed by atoms with E-state index in [1.165, 1.54) is 19.4 Å². The van der Waals surface area contributed by atoms with Crippen molar-refractivity contribution in [3.63, 3.8) is 0 Å². The van der Waals surface area contributed by atoms with E-state index in [-0.39, 0.29) is 0 Å². The molecule has 4 rings (SSSR count). The molecule has 1 aliphatic heterocycles. The van der Waals surface area contributed by atoms with E-state index in [1.807, 2.05) is 0 Å². The maximum atomic E-state index is 11.6. The molecule has 12 heavy (non-hydrogen) atoms. The lowest BCUT2D eigenvalue weighted by Gasteiger charge is -2.43. The molecule has 0 radical (unpaired) electrons. The summed E-state index contributed by atoms with van der Waals surface area (Å²) in [5.74, 6) is 3.31. The Morgan fingerprint density at radius 3 is 2.83 bits per heavy atom. The van der Waals surface area contributed by atoms with Crippen molar-refractivity contribution in [2.24, 2.45) is 23.7 Å². The van der Waals surface area contributed by atoms with Crippen LogP contribution in [0.4, 0.5) is 0 Å². The van der Waals surface area contributed by atoms with E-state index in [9.17, 15) is 4.79 Å². The molecule has 4 fully saturated rings. The van der Waals surface area contributed by atoms with E-state index in [4.69, 9.17) is 0 Å². The zero-order valence-corrected chi connectivity index (χ0v) is 7.25. The van der Waals surface area contributed by atoms with Crippen molar-refractivity contribution in [3.05, 3.63) is 0 Å². The minimum absolute atomic E-state index is 0.440. The van der Waals surface area contributed by atoms with Crippen molar-refractivity contribution < 1.29 is 4.79 Å². The second-order valence-corrected chi connectivity index (χ2v) is 4.60. The Hall–Kier alpha value is -0.370. The average Bonchev–Trinajstić information content (AvgIpc) is 2.53. The van der Waals surface area contributed by atoms with Crippen LogP contribution < -0.4 is 5.32 Å². The molecular weight excluding hydrogens is 150 g/mol. The molecule has 4 aliphatic rings. The number of carbonyl (C=O) groups is 1. The minimum Gasteiger partial charge on any atom is -0.316 e. The Kier molecular flexibility index (Phi) is 1.37. The minimum atomic E-state index is 0.440. The molecule has 0 unspecified atom stereocenters. The maximum absolute atomic E-state index is 11.6. The van der Waals surface area contributed by atoms with Crippen LogP contribution >= 0.6 is 0 Å². The monoisotopic (exact) mass is 165 g/mol. The standard InChI is InChI=1S/C10H15NO/c12-10-3-6-1-2-7(10)9-5-11-4-8(6)9/h6-9,11H,1-5H2/t6-,7-,8+,9-/m0/s1. The zero-order chi connectivity index (χ0) is 8.13. The highest BCUT2D eigenvalue weighted by atomic mass is 16.1. The number of carbonyl (C=O) groups excluding carboxylic acids is 1. The first-order chi connectivity index (χ1) is 5.86. The highest BCUT2D eigenvalue weighted by Gasteiger charge is 2.49. The molecule has 0 aromatic rings.